The molecule has 7 nitrogen and oxygen atoms in total. The number of ketones is 1. The molecule has 0 unspecified atom stereocenters. The molecule has 0 spiro atoms. The monoisotopic (exact) mass is 290 g/mol. The van der Waals surface area contributed by atoms with Gasteiger partial charge in [0.15, 0.2) is 5.78 Å². The minimum atomic E-state index is -0.974. The summed E-state index contributed by atoms with van der Waals surface area (Å²) in [4.78, 5) is 48.7. The average Bonchev–Trinajstić information content (AvgIpc) is 2.70. The summed E-state index contributed by atoms with van der Waals surface area (Å²) in [6, 6.07) is 5.60. The van der Waals surface area contributed by atoms with Crippen molar-refractivity contribution in [2.45, 2.75) is 6.92 Å². The van der Waals surface area contributed by atoms with Crippen molar-refractivity contribution in [1.29, 1.82) is 0 Å². The number of carbonyl (C=O) groups is 4. The molecule has 110 valence electrons. The van der Waals surface area contributed by atoms with E-state index in [-0.39, 0.29) is 6.54 Å². The second-order valence-corrected chi connectivity index (χ2v) is 4.38. The molecule has 0 aliphatic carbocycles. The molecule has 21 heavy (non-hydrogen) atoms. The highest BCUT2D eigenvalue weighted by Gasteiger charge is 2.44. The van der Waals surface area contributed by atoms with Crippen molar-refractivity contribution in [2.24, 2.45) is 0 Å². The van der Waals surface area contributed by atoms with Crippen molar-refractivity contribution in [2.75, 3.05) is 20.2 Å². The molecule has 0 saturated carbocycles. The van der Waals surface area contributed by atoms with Gasteiger partial charge in [-0.2, -0.15) is 0 Å². The van der Waals surface area contributed by atoms with Crippen molar-refractivity contribution in [3.05, 3.63) is 29.8 Å². The van der Waals surface area contributed by atoms with E-state index in [1.165, 1.54) is 13.2 Å². The lowest BCUT2D eigenvalue weighted by Gasteiger charge is -2.13. The number of hydrogen-bond acceptors (Lipinski definition) is 5. The summed E-state index contributed by atoms with van der Waals surface area (Å²) in [5.74, 6) is -1.83. The van der Waals surface area contributed by atoms with E-state index in [4.69, 9.17) is 4.74 Å². The van der Waals surface area contributed by atoms with Crippen LogP contribution in [0, 0.1) is 0 Å². The number of amides is 4. The number of benzene rings is 1. The number of nitrogens with zero attached hydrogens (tertiary/aromatic N) is 2. The summed E-state index contributed by atoms with van der Waals surface area (Å²) < 4.78 is 5.01. The second kappa shape index (κ2) is 5.74. The highest BCUT2D eigenvalue weighted by molar-refractivity contribution is 6.45. The quantitative estimate of drug-likeness (QED) is 0.452. The van der Waals surface area contributed by atoms with Gasteiger partial charge < -0.3 is 4.74 Å². The van der Waals surface area contributed by atoms with Gasteiger partial charge in [0.25, 0.3) is 0 Å². The third kappa shape index (κ3) is 2.62. The van der Waals surface area contributed by atoms with Gasteiger partial charge in [0.2, 0.25) is 0 Å². The summed E-state index contributed by atoms with van der Waals surface area (Å²) >= 11 is 0. The number of methoxy groups -OCH3 is 1. The molecule has 1 saturated heterocycles. The molecule has 0 radical (unpaired) electrons. The molecule has 0 bridgehead atoms. The van der Waals surface area contributed by atoms with Gasteiger partial charge >= 0.3 is 17.8 Å². The first-order valence-corrected chi connectivity index (χ1v) is 6.34. The van der Waals surface area contributed by atoms with Gasteiger partial charge in [-0.25, -0.2) is 9.69 Å². The fourth-order valence-corrected chi connectivity index (χ4v) is 2.00. The first-order valence-electron chi connectivity index (χ1n) is 6.34. The molecule has 1 fully saturated rings. The van der Waals surface area contributed by atoms with E-state index in [2.05, 4.69) is 0 Å². The van der Waals surface area contributed by atoms with Crippen molar-refractivity contribution in [3.63, 3.8) is 0 Å². The molecular weight excluding hydrogens is 276 g/mol. The van der Waals surface area contributed by atoms with Gasteiger partial charge in [0, 0.05) is 12.1 Å². The van der Waals surface area contributed by atoms with E-state index in [1.54, 1.807) is 25.1 Å². The Morgan fingerprint density at radius 2 is 1.81 bits per heavy atom. The van der Waals surface area contributed by atoms with E-state index in [0.29, 0.717) is 16.2 Å². The van der Waals surface area contributed by atoms with Gasteiger partial charge in [-0.15, -0.1) is 0 Å². The maximum absolute atomic E-state index is 12.1. The molecular formula is C14H14N2O5. The van der Waals surface area contributed by atoms with E-state index in [0.717, 1.165) is 4.90 Å². The normalized spacial score (nSPS) is 14.9. The van der Waals surface area contributed by atoms with Crippen LogP contribution in [0.25, 0.3) is 0 Å². The Morgan fingerprint density at radius 3 is 2.38 bits per heavy atom. The van der Waals surface area contributed by atoms with E-state index in [1.807, 2.05) is 0 Å². The van der Waals surface area contributed by atoms with Crippen LogP contribution in [0.5, 0.6) is 5.75 Å². The van der Waals surface area contributed by atoms with Crippen LogP contribution in [0.2, 0.25) is 0 Å². The number of ether oxygens (including phenoxy) is 1. The van der Waals surface area contributed by atoms with Crippen LogP contribution in [-0.4, -0.2) is 53.6 Å². The Balaban J connectivity index is 2.17. The lowest BCUT2D eigenvalue weighted by Crippen LogP contribution is -2.36. The van der Waals surface area contributed by atoms with Crippen LogP contribution in [-0.2, 0) is 9.59 Å². The number of rotatable bonds is 5. The molecule has 1 aliphatic heterocycles. The number of carbonyl (C=O) groups excluding carboxylic acids is 4. The molecule has 0 aromatic heterocycles. The van der Waals surface area contributed by atoms with Crippen LogP contribution in [0.3, 0.4) is 0 Å². The van der Waals surface area contributed by atoms with Gasteiger partial charge in [-0.05, 0) is 19.1 Å². The summed E-state index contributed by atoms with van der Waals surface area (Å²) in [7, 11) is 1.47. The zero-order chi connectivity index (χ0) is 15.6. The van der Waals surface area contributed by atoms with E-state index >= 15 is 0 Å². The molecule has 7 heteroatoms. The smallest absolute Gasteiger partial charge is 0.334 e. The maximum atomic E-state index is 12.1. The Kier molecular flexibility index (Phi) is 4.02. The lowest BCUT2D eigenvalue weighted by molar-refractivity contribution is -0.143. The Hall–Kier alpha value is -2.70. The zero-order valence-electron chi connectivity index (χ0n) is 11.7. The topological polar surface area (TPSA) is 84.0 Å². The van der Waals surface area contributed by atoms with Crippen LogP contribution < -0.4 is 4.74 Å². The van der Waals surface area contributed by atoms with Crippen LogP contribution in [0.4, 0.5) is 4.79 Å². The van der Waals surface area contributed by atoms with Crippen LogP contribution in [0.1, 0.15) is 17.3 Å². The fourth-order valence-electron chi connectivity index (χ4n) is 2.00. The Bertz CT molecular complexity index is 626. The molecule has 2 rings (SSSR count). The SMILES string of the molecule is CCN1C(=O)C(=O)N(CC(=O)c2cccc(OC)c2)C1=O. The maximum Gasteiger partial charge on any atom is 0.334 e. The van der Waals surface area contributed by atoms with Gasteiger partial charge in [0.1, 0.15) is 5.75 Å². The third-order valence-electron chi connectivity index (χ3n) is 3.14. The number of urea groups is 1. The van der Waals surface area contributed by atoms with Gasteiger partial charge in [0.05, 0.1) is 13.7 Å². The highest BCUT2D eigenvalue weighted by Crippen LogP contribution is 2.16. The zero-order valence-corrected chi connectivity index (χ0v) is 11.7. The summed E-state index contributed by atoms with van der Waals surface area (Å²) in [5, 5.41) is 0. The Labute approximate surface area is 121 Å². The van der Waals surface area contributed by atoms with Crippen molar-refractivity contribution < 1.29 is 23.9 Å². The predicted molar refractivity (Wildman–Crippen MR) is 71.8 cm³/mol. The highest BCUT2D eigenvalue weighted by atomic mass is 16.5. The van der Waals surface area contributed by atoms with E-state index in [9.17, 15) is 19.2 Å². The lowest BCUT2D eigenvalue weighted by atomic mass is 10.1. The molecule has 4 amide bonds. The molecule has 0 atom stereocenters. The minimum Gasteiger partial charge on any atom is -0.497 e. The van der Waals surface area contributed by atoms with Crippen molar-refractivity contribution >= 4 is 23.6 Å². The third-order valence-corrected chi connectivity index (χ3v) is 3.14. The largest absolute Gasteiger partial charge is 0.497 e. The Morgan fingerprint density at radius 1 is 1.14 bits per heavy atom. The number of imide groups is 2. The molecule has 1 aromatic carbocycles. The fraction of sp³-hybridized carbons (Fsp3) is 0.286. The summed E-state index contributed by atoms with van der Waals surface area (Å²) in [6.07, 6.45) is 0. The van der Waals surface area contributed by atoms with Gasteiger partial charge in [-0.1, -0.05) is 12.1 Å². The van der Waals surface area contributed by atoms with Crippen LogP contribution in [0.15, 0.2) is 24.3 Å². The summed E-state index contributed by atoms with van der Waals surface area (Å²) in [6.45, 7) is 1.21. The first kappa shape index (κ1) is 14.7. The number of Topliss-reactive ketones (excluding diaryl/α,β-unsaturated/α-hetero) is 1. The standard InChI is InChI=1S/C14H14N2O5/c1-3-15-12(18)13(19)16(14(15)20)8-11(17)9-5-4-6-10(7-9)21-2/h4-7H,3,8H2,1-2H3. The first-order chi connectivity index (χ1) is 9.99. The number of hydrogen-bond donors (Lipinski definition) is 0. The predicted octanol–water partition coefficient (Wildman–Crippen LogP) is 0.689. The van der Waals surface area contributed by atoms with E-state index < -0.39 is 30.2 Å². The van der Waals surface area contributed by atoms with Crippen molar-refractivity contribution in [3.8, 4) is 5.75 Å². The number of likely N-dealkylation sites (N-methyl/N-ethyl adjacent to an activating group) is 1. The van der Waals surface area contributed by atoms with Gasteiger partial charge in [-0.3, -0.25) is 19.3 Å². The molecule has 1 heterocycles. The second-order valence-electron chi connectivity index (χ2n) is 4.38. The van der Waals surface area contributed by atoms with Crippen molar-refractivity contribution in [1.82, 2.24) is 9.80 Å². The van der Waals surface area contributed by atoms with Crippen LogP contribution >= 0.6 is 0 Å². The molecule has 0 N–H and O–H groups in total. The molecule has 1 aliphatic rings. The summed E-state index contributed by atoms with van der Waals surface area (Å²) in [5.41, 5.74) is 0.303. The molecule has 1 aromatic rings. The average molecular weight is 290 g/mol. The minimum absolute atomic E-state index is 0.0905.